The van der Waals surface area contributed by atoms with Crippen molar-refractivity contribution < 1.29 is 4.42 Å². The summed E-state index contributed by atoms with van der Waals surface area (Å²) >= 11 is 0. The van der Waals surface area contributed by atoms with Crippen molar-refractivity contribution in [2.75, 3.05) is 0 Å². The van der Waals surface area contributed by atoms with E-state index in [0.717, 1.165) is 24.4 Å². The van der Waals surface area contributed by atoms with Crippen molar-refractivity contribution in [2.24, 2.45) is 5.84 Å². The third-order valence-corrected chi connectivity index (χ3v) is 2.15. The molecule has 0 radical (unpaired) electrons. The van der Waals surface area contributed by atoms with Crippen LogP contribution in [-0.4, -0.2) is 0 Å². The predicted molar refractivity (Wildman–Crippen MR) is 56.2 cm³/mol. The van der Waals surface area contributed by atoms with E-state index in [9.17, 15) is 0 Å². The molecular formula is C11H16N2O. The first-order valence-electron chi connectivity index (χ1n) is 4.80. The molecule has 1 aromatic heterocycles. The Bertz CT molecular complexity index is 311. The highest BCUT2D eigenvalue weighted by atomic mass is 16.3. The largest absolute Gasteiger partial charge is 0.464 e. The number of rotatable bonds is 5. The molecule has 3 heteroatoms. The standard InChI is InChI=1S/C11H16N2O/c1-3-5-6-10(13-12)11-8-7-9(4-2)14-11/h1,7-8,10,13H,4-6,12H2,2H3. The first-order chi connectivity index (χ1) is 6.81. The molecule has 1 heterocycles. The van der Waals surface area contributed by atoms with Gasteiger partial charge in [-0.05, 0) is 18.6 Å². The second kappa shape index (κ2) is 5.48. The second-order valence-electron chi connectivity index (χ2n) is 3.12. The smallest absolute Gasteiger partial charge is 0.122 e. The zero-order valence-electron chi connectivity index (χ0n) is 8.42. The van der Waals surface area contributed by atoms with E-state index in [1.807, 2.05) is 12.1 Å². The van der Waals surface area contributed by atoms with Crippen LogP contribution in [-0.2, 0) is 6.42 Å². The Morgan fingerprint density at radius 2 is 2.43 bits per heavy atom. The molecule has 0 saturated carbocycles. The number of furan rings is 1. The maximum Gasteiger partial charge on any atom is 0.122 e. The molecular weight excluding hydrogens is 176 g/mol. The zero-order chi connectivity index (χ0) is 10.4. The van der Waals surface area contributed by atoms with Crippen molar-refractivity contribution in [1.82, 2.24) is 5.43 Å². The van der Waals surface area contributed by atoms with E-state index in [0.29, 0.717) is 6.42 Å². The molecule has 0 aromatic carbocycles. The third-order valence-electron chi connectivity index (χ3n) is 2.15. The molecule has 1 rings (SSSR count). The number of terminal acetylenes is 1. The highest BCUT2D eigenvalue weighted by molar-refractivity contribution is 5.11. The molecule has 14 heavy (non-hydrogen) atoms. The van der Waals surface area contributed by atoms with Crippen LogP contribution < -0.4 is 11.3 Å². The summed E-state index contributed by atoms with van der Waals surface area (Å²) in [5, 5.41) is 0. The molecule has 0 amide bonds. The number of hydrazine groups is 1. The summed E-state index contributed by atoms with van der Waals surface area (Å²) in [6, 6.07) is 3.93. The third kappa shape index (κ3) is 2.63. The van der Waals surface area contributed by atoms with Gasteiger partial charge in [0.15, 0.2) is 0 Å². The lowest BCUT2D eigenvalue weighted by atomic mass is 10.1. The van der Waals surface area contributed by atoms with Gasteiger partial charge in [-0.15, -0.1) is 12.3 Å². The molecule has 0 aliphatic carbocycles. The van der Waals surface area contributed by atoms with Crippen molar-refractivity contribution in [1.29, 1.82) is 0 Å². The topological polar surface area (TPSA) is 51.2 Å². The number of hydrogen-bond donors (Lipinski definition) is 2. The SMILES string of the molecule is C#CCCC(NN)c1ccc(CC)o1. The Labute approximate surface area is 84.6 Å². The molecule has 0 aliphatic heterocycles. The van der Waals surface area contributed by atoms with Gasteiger partial charge in [-0.3, -0.25) is 5.84 Å². The van der Waals surface area contributed by atoms with Crippen LogP contribution in [0.3, 0.4) is 0 Å². The lowest BCUT2D eigenvalue weighted by Gasteiger charge is -2.10. The first-order valence-corrected chi connectivity index (χ1v) is 4.80. The van der Waals surface area contributed by atoms with E-state index in [1.54, 1.807) is 0 Å². The highest BCUT2D eigenvalue weighted by Crippen LogP contribution is 2.20. The Morgan fingerprint density at radius 1 is 1.64 bits per heavy atom. The van der Waals surface area contributed by atoms with Gasteiger partial charge in [0.05, 0.1) is 6.04 Å². The number of hydrogen-bond acceptors (Lipinski definition) is 3. The van der Waals surface area contributed by atoms with Crippen molar-refractivity contribution in [3.8, 4) is 12.3 Å². The zero-order valence-corrected chi connectivity index (χ0v) is 8.42. The van der Waals surface area contributed by atoms with Gasteiger partial charge in [-0.25, -0.2) is 5.43 Å². The lowest BCUT2D eigenvalue weighted by Crippen LogP contribution is -2.27. The molecule has 0 bridgehead atoms. The fourth-order valence-corrected chi connectivity index (χ4v) is 1.31. The van der Waals surface area contributed by atoms with Gasteiger partial charge in [0.25, 0.3) is 0 Å². The molecule has 3 N–H and O–H groups in total. The van der Waals surface area contributed by atoms with Crippen LogP contribution in [0.1, 0.15) is 37.3 Å². The van der Waals surface area contributed by atoms with Gasteiger partial charge >= 0.3 is 0 Å². The fourth-order valence-electron chi connectivity index (χ4n) is 1.31. The maximum atomic E-state index is 5.57. The summed E-state index contributed by atoms with van der Waals surface area (Å²) in [5.74, 6) is 9.84. The minimum absolute atomic E-state index is 0.0198. The average molecular weight is 192 g/mol. The van der Waals surface area contributed by atoms with Gasteiger partial charge in [0, 0.05) is 12.8 Å². The maximum absolute atomic E-state index is 5.57. The molecule has 0 aliphatic rings. The van der Waals surface area contributed by atoms with Crippen LogP contribution in [0, 0.1) is 12.3 Å². The lowest BCUT2D eigenvalue weighted by molar-refractivity contribution is 0.386. The summed E-state index contributed by atoms with van der Waals surface area (Å²) in [6.07, 6.45) is 7.57. The van der Waals surface area contributed by atoms with Gasteiger partial charge < -0.3 is 4.42 Å². The normalized spacial score (nSPS) is 12.4. The summed E-state index contributed by atoms with van der Waals surface area (Å²) in [6.45, 7) is 2.05. The van der Waals surface area contributed by atoms with E-state index >= 15 is 0 Å². The Morgan fingerprint density at radius 3 is 2.93 bits per heavy atom. The van der Waals surface area contributed by atoms with Crippen molar-refractivity contribution in [3.63, 3.8) is 0 Å². The van der Waals surface area contributed by atoms with Crippen LogP contribution in [0.25, 0.3) is 0 Å². The van der Waals surface area contributed by atoms with E-state index in [4.69, 9.17) is 16.7 Å². The van der Waals surface area contributed by atoms with Gasteiger partial charge in [0.1, 0.15) is 11.5 Å². The van der Waals surface area contributed by atoms with Crippen LogP contribution in [0.5, 0.6) is 0 Å². The van der Waals surface area contributed by atoms with E-state index in [2.05, 4.69) is 18.3 Å². The second-order valence-corrected chi connectivity index (χ2v) is 3.12. The molecule has 0 fully saturated rings. The number of aryl methyl sites for hydroxylation is 1. The molecule has 1 atom stereocenters. The van der Waals surface area contributed by atoms with Crippen LogP contribution in [0.4, 0.5) is 0 Å². The Balaban J connectivity index is 2.64. The number of nitrogens with two attached hydrogens (primary N) is 1. The van der Waals surface area contributed by atoms with Crippen LogP contribution in [0.2, 0.25) is 0 Å². The first kappa shape index (κ1) is 10.8. The van der Waals surface area contributed by atoms with Gasteiger partial charge in [-0.1, -0.05) is 6.92 Å². The fraction of sp³-hybridized carbons (Fsp3) is 0.455. The Hall–Kier alpha value is -1.24. The van der Waals surface area contributed by atoms with Crippen molar-refractivity contribution in [3.05, 3.63) is 23.7 Å². The quantitative estimate of drug-likeness (QED) is 0.424. The molecule has 0 spiro atoms. The van der Waals surface area contributed by atoms with E-state index in [-0.39, 0.29) is 6.04 Å². The monoisotopic (exact) mass is 192 g/mol. The molecule has 1 unspecified atom stereocenters. The summed E-state index contributed by atoms with van der Waals surface area (Å²) in [5.41, 5.74) is 2.70. The summed E-state index contributed by atoms with van der Waals surface area (Å²) < 4.78 is 5.57. The average Bonchev–Trinajstić information content (AvgIpc) is 2.68. The van der Waals surface area contributed by atoms with Crippen molar-refractivity contribution in [2.45, 2.75) is 32.2 Å². The molecule has 3 nitrogen and oxygen atoms in total. The van der Waals surface area contributed by atoms with Gasteiger partial charge in [-0.2, -0.15) is 0 Å². The van der Waals surface area contributed by atoms with Crippen LogP contribution in [0.15, 0.2) is 16.5 Å². The molecule has 0 saturated heterocycles. The molecule has 1 aromatic rings. The van der Waals surface area contributed by atoms with E-state index in [1.165, 1.54) is 0 Å². The minimum Gasteiger partial charge on any atom is -0.464 e. The predicted octanol–water partition coefficient (Wildman–Crippen LogP) is 1.76. The minimum atomic E-state index is 0.0198. The van der Waals surface area contributed by atoms with Crippen molar-refractivity contribution >= 4 is 0 Å². The van der Waals surface area contributed by atoms with E-state index < -0.39 is 0 Å². The molecule has 76 valence electrons. The highest BCUT2D eigenvalue weighted by Gasteiger charge is 2.12. The Kier molecular flexibility index (Phi) is 4.24. The van der Waals surface area contributed by atoms with Gasteiger partial charge in [0.2, 0.25) is 0 Å². The van der Waals surface area contributed by atoms with Crippen LogP contribution >= 0.6 is 0 Å². The number of nitrogens with one attached hydrogen (secondary N) is 1. The summed E-state index contributed by atoms with van der Waals surface area (Å²) in [4.78, 5) is 0. The summed E-state index contributed by atoms with van der Waals surface area (Å²) in [7, 11) is 0.